The number of anilines is 1. The van der Waals surface area contributed by atoms with Gasteiger partial charge in [-0.2, -0.15) is 5.26 Å². The van der Waals surface area contributed by atoms with Gasteiger partial charge >= 0.3 is 5.97 Å². The Kier molecular flexibility index (Phi) is 3.47. The third-order valence-corrected chi connectivity index (χ3v) is 3.20. The minimum atomic E-state index is -1.03. The smallest absolute Gasteiger partial charge is 0.339 e. The van der Waals surface area contributed by atoms with Gasteiger partial charge in [-0.25, -0.2) is 9.78 Å². The number of nitriles is 1. The molecule has 1 aliphatic rings. The van der Waals surface area contributed by atoms with Gasteiger partial charge in [-0.1, -0.05) is 0 Å². The first-order chi connectivity index (χ1) is 8.63. The van der Waals surface area contributed by atoms with E-state index in [1.165, 1.54) is 12.5 Å². The number of aromatic nitrogens is 1. The van der Waals surface area contributed by atoms with E-state index in [-0.39, 0.29) is 5.56 Å². The summed E-state index contributed by atoms with van der Waals surface area (Å²) in [6.07, 6.45) is 3.29. The molecule has 0 atom stereocenters. The van der Waals surface area contributed by atoms with E-state index in [2.05, 4.69) is 4.98 Å². The molecule has 0 bridgehead atoms. The second-order valence-electron chi connectivity index (χ2n) is 4.46. The number of nitrogens with zero attached hydrogens (tertiary/aromatic N) is 3. The summed E-state index contributed by atoms with van der Waals surface area (Å²) < 4.78 is 0. The molecule has 1 fully saturated rings. The van der Waals surface area contributed by atoms with Crippen LogP contribution in [0.5, 0.6) is 0 Å². The molecule has 2 rings (SSSR count). The van der Waals surface area contributed by atoms with Crippen LogP contribution in [-0.2, 0) is 0 Å². The van der Waals surface area contributed by atoms with Gasteiger partial charge in [0, 0.05) is 13.1 Å². The summed E-state index contributed by atoms with van der Waals surface area (Å²) in [5.41, 5.74) is 1.04. The average Bonchev–Trinajstić information content (AvgIpc) is 2.39. The monoisotopic (exact) mass is 245 g/mol. The zero-order valence-electron chi connectivity index (χ0n) is 10.3. The van der Waals surface area contributed by atoms with Gasteiger partial charge in [0.2, 0.25) is 0 Å². The van der Waals surface area contributed by atoms with Crippen LogP contribution in [0.25, 0.3) is 0 Å². The van der Waals surface area contributed by atoms with Crippen molar-refractivity contribution in [2.24, 2.45) is 0 Å². The molecule has 0 spiro atoms. The second-order valence-corrected chi connectivity index (χ2v) is 4.46. The summed E-state index contributed by atoms with van der Waals surface area (Å²) in [4.78, 5) is 17.6. The molecule has 5 heteroatoms. The molecule has 0 aliphatic carbocycles. The normalized spacial score (nSPS) is 15.2. The molecule has 18 heavy (non-hydrogen) atoms. The lowest BCUT2D eigenvalue weighted by Crippen LogP contribution is -2.32. The first-order valence-corrected chi connectivity index (χ1v) is 6.03. The molecule has 2 heterocycles. The highest BCUT2D eigenvalue weighted by atomic mass is 16.4. The van der Waals surface area contributed by atoms with Crippen LogP contribution in [-0.4, -0.2) is 29.1 Å². The minimum absolute atomic E-state index is 0.124. The minimum Gasteiger partial charge on any atom is -0.478 e. The van der Waals surface area contributed by atoms with Gasteiger partial charge in [-0.3, -0.25) is 0 Å². The fourth-order valence-corrected chi connectivity index (χ4v) is 2.21. The third-order valence-electron chi connectivity index (χ3n) is 3.20. The molecule has 5 nitrogen and oxygen atoms in total. The second kappa shape index (κ2) is 5.05. The summed E-state index contributed by atoms with van der Waals surface area (Å²) in [7, 11) is 0. The predicted molar refractivity (Wildman–Crippen MR) is 66.7 cm³/mol. The zero-order valence-corrected chi connectivity index (χ0v) is 10.3. The topological polar surface area (TPSA) is 77.2 Å². The van der Waals surface area contributed by atoms with Gasteiger partial charge in [-0.15, -0.1) is 0 Å². The summed E-state index contributed by atoms with van der Waals surface area (Å²) >= 11 is 0. The number of carboxylic acids is 1. The van der Waals surface area contributed by atoms with E-state index in [1.807, 2.05) is 11.0 Å². The molecule has 94 valence electrons. The summed E-state index contributed by atoms with van der Waals surface area (Å²) in [6, 6.07) is 3.40. The molecule has 1 aromatic heterocycles. The molecular weight excluding hydrogens is 230 g/mol. The SMILES string of the molecule is Cc1nc(N2CCCCC2)c(C(=O)O)cc1C#N. The highest BCUT2D eigenvalue weighted by Gasteiger charge is 2.21. The number of pyridine rings is 1. The van der Waals surface area contributed by atoms with Crippen LogP contribution in [0.3, 0.4) is 0 Å². The van der Waals surface area contributed by atoms with Crippen LogP contribution in [0.2, 0.25) is 0 Å². The number of carboxylic acid groups (broad SMARTS) is 1. The predicted octanol–water partition coefficient (Wildman–Crippen LogP) is 1.95. The lowest BCUT2D eigenvalue weighted by molar-refractivity contribution is 0.0697. The van der Waals surface area contributed by atoms with Crippen LogP contribution in [0.1, 0.15) is 40.9 Å². The van der Waals surface area contributed by atoms with Crippen molar-refractivity contribution in [3.8, 4) is 6.07 Å². The van der Waals surface area contributed by atoms with E-state index in [4.69, 9.17) is 5.26 Å². The van der Waals surface area contributed by atoms with Crippen molar-refractivity contribution in [2.75, 3.05) is 18.0 Å². The van der Waals surface area contributed by atoms with Crippen LogP contribution >= 0.6 is 0 Å². The molecule has 0 amide bonds. The van der Waals surface area contributed by atoms with Crippen LogP contribution in [0.15, 0.2) is 6.07 Å². The maximum absolute atomic E-state index is 11.3. The largest absolute Gasteiger partial charge is 0.478 e. The van der Waals surface area contributed by atoms with Crippen molar-refractivity contribution >= 4 is 11.8 Å². The Morgan fingerprint density at radius 2 is 2.11 bits per heavy atom. The van der Waals surface area contributed by atoms with Gasteiger partial charge in [0.1, 0.15) is 17.5 Å². The van der Waals surface area contributed by atoms with Crippen LogP contribution in [0, 0.1) is 18.3 Å². The Labute approximate surface area is 106 Å². The molecule has 1 saturated heterocycles. The highest BCUT2D eigenvalue weighted by molar-refractivity contribution is 5.94. The van der Waals surface area contributed by atoms with Crippen LogP contribution < -0.4 is 4.90 Å². The molecule has 0 aromatic carbocycles. The van der Waals surface area contributed by atoms with Crippen molar-refractivity contribution in [1.29, 1.82) is 5.26 Å². The highest BCUT2D eigenvalue weighted by Crippen LogP contribution is 2.24. The van der Waals surface area contributed by atoms with Crippen molar-refractivity contribution in [3.05, 3.63) is 22.9 Å². The number of piperidine rings is 1. The number of aryl methyl sites for hydroxylation is 1. The van der Waals surface area contributed by atoms with Gasteiger partial charge < -0.3 is 10.0 Å². The maximum Gasteiger partial charge on any atom is 0.339 e. The quantitative estimate of drug-likeness (QED) is 0.861. The molecule has 1 aliphatic heterocycles. The van der Waals surface area contributed by atoms with Gasteiger partial charge in [-0.05, 0) is 32.3 Å². The van der Waals surface area contributed by atoms with E-state index in [9.17, 15) is 9.90 Å². The Morgan fingerprint density at radius 3 is 2.67 bits per heavy atom. The molecule has 0 radical (unpaired) electrons. The zero-order chi connectivity index (χ0) is 13.1. The molecular formula is C13H15N3O2. The Bertz CT molecular complexity index is 514. The number of carbonyl (C=O) groups is 1. The lowest BCUT2D eigenvalue weighted by atomic mass is 10.1. The van der Waals surface area contributed by atoms with E-state index in [0.29, 0.717) is 17.1 Å². The molecule has 1 N–H and O–H groups in total. The van der Waals surface area contributed by atoms with E-state index >= 15 is 0 Å². The first-order valence-electron chi connectivity index (χ1n) is 6.03. The number of aromatic carboxylic acids is 1. The van der Waals surface area contributed by atoms with E-state index in [1.54, 1.807) is 6.92 Å². The molecule has 1 aromatic rings. The lowest BCUT2D eigenvalue weighted by Gasteiger charge is -2.29. The third kappa shape index (κ3) is 2.28. The van der Waals surface area contributed by atoms with Crippen LogP contribution in [0.4, 0.5) is 5.82 Å². The Hall–Kier alpha value is -2.09. The molecule has 0 saturated carbocycles. The number of hydrogen-bond acceptors (Lipinski definition) is 4. The molecule has 0 unspecified atom stereocenters. The average molecular weight is 245 g/mol. The van der Waals surface area contributed by atoms with E-state index < -0.39 is 5.97 Å². The first kappa shape index (κ1) is 12.4. The Balaban J connectivity index is 2.47. The van der Waals surface area contributed by atoms with Crippen molar-refractivity contribution in [3.63, 3.8) is 0 Å². The van der Waals surface area contributed by atoms with Crippen molar-refractivity contribution in [2.45, 2.75) is 26.2 Å². The summed E-state index contributed by atoms with van der Waals surface area (Å²) in [6.45, 7) is 3.40. The van der Waals surface area contributed by atoms with Crippen molar-refractivity contribution in [1.82, 2.24) is 4.98 Å². The maximum atomic E-state index is 11.3. The van der Waals surface area contributed by atoms with E-state index in [0.717, 1.165) is 25.9 Å². The number of rotatable bonds is 2. The van der Waals surface area contributed by atoms with Gasteiger partial charge in [0.05, 0.1) is 11.3 Å². The standard InChI is InChI=1S/C13H15N3O2/c1-9-10(8-14)7-11(13(17)18)12(15-9)16-5-3-2-4-6-16/h7H,2-6H2,1H3,(H,17,18). The fraction of sp³-hybridized carbons (Fsp3) is 0.462. The summed E-state index contributed by atoms with van der Waals surface area (Å²) in [5, 5.41) is 18.2. The Morgan fingerprint density at radius 1 is 1.44 bits per heavy atom. The summed E-state index contributed by atoms with van der Waals surface area (Å²) in [5.74, 6) is -0.529. The van der Waals surface area contributed by atoms with Gasteiger partial charge in [0.15, 0.2) is 0 Å². The number of hydrogen-bond donors (Lipinski definition) is 1. The fourth-order valence-electron chi connectivity index (χ4n) is 2.21. The van der Waals surface area contributed by atoms with Crippen molar-refractivity contribution < 1.29 is 9.90 Å². The van der Waals surface area contributed by atoms with Gasteiger partial charge in [0.25, 0.3) is 0 Å².